The number of aryl methyl sites for hydroxylation is 1. The van der Waals surface area contributed by atoms with E-state index in [4.69, 9.17) is 14.7 Å². The number of hydrogen-bond acceptors (Lipinski definition) is 4. The van der Waals surface area contributed by atoms with Crippen molar-refractivity contribution in [2.24, 2.45) is 17.0 Å². The quantitative estimate of drug-likeness (QED) is 0.590. The van der Waals surface area contributed by atoms with E-state index in [-0.39, 0.29) is 12.0 Å². The van der Waals surface area contributed by atoms with Crippen molar-refractivity contribution >= 4 is 12.2 Å². The first kappa shape index (κ1) is 17.7. The normalized spacial score (nSPS) is 26.5. The van der Waals surface area contributed by atoms with Crippen LogP contribution in [0.4, 0.5) is 0 Å². The van der Waals surface area contributed by atoms with Gasteiger partial charge in [0.05, 0.1) is 24.0 Å². The molecule has 5 heteroatoms. The van der Waals surface area contributed by atoms with E-state index in [1.165, 1.54) is 0 Å². The first-order chi connectivity index (χ1) is 13.2. The Morgan fingerprint density at radius 3 is 2.59 bits per heavy atom. The predicted octanol–water partition coefficient (Wildman–Crippen LogP) is 4.18. The average Bonchev–Trinajstić information content (AvgIpc) is 3.29. The molecule has 2 aliphatic heterocycles. The fraction of sp³-hybridized carbons (Fsp3) is 0.364. The molecule has 140 valence electrons. The van der Waals surface area contributed by atoms with Crippen molar-refractivity contribution in [1.82, 2.24) is 0 Å². The zero-order valence-corrected chi connectivity index (χ0v) is 15.0. The van der Waals surface area contributed by atoms with Gasteiger partial charge in [-0.15, -0.1) is 0 Å². The van der Waals surface area contributed by atoms with Crippen molar-refractivity contribution in [3.05, 3.63) is 65.7 Å². The van der Waals surface area contributed by atoms with Gasteiger partial charge in [0, 0.05) is 5.92 Å². The Morgan fingerprint density at radius 1 is 1.11 bits per heavy atom. The van der Waals surface area contributed by atoms with Crippen molar-refractivity contribution in [1.29, 1.82) is 0 Å². The van der Waals surface area contributed by atoms with Gasteiger partial charge < -0.3 is 14.7 Å². The summed E-state index contributed by atoms with van der Waals surface area (Å²) in [4.78, 5) is 16.4. The topological polar surface area (TPSA) is 68.1 Å². The lowest BCUT2D eigenvalue weighted by atomic mass is 9.77. The number of benzene rings is 2. The maximum absolute atomic E-state index is 11.0. The molecule has 2 saturated heterocycles. The van der Waals surface area contributed by atoms with Crippen LogP contribution in [-0.2, 0) is 11.2 Å². The molecule has 1 N–H and O–H groups in total. The first-order valence-corrected chi connectivity index (χ1v) is 9.44. The van der Waals surface area contributed by atoms with Gasteiger partial charge >= 0.3 is 5.97 Å². The van der Waals surface area contributed by atoms with E-state index >= 15 is 0 Å². The van der Waals surface area contributed by atoms with Gasteiger partial charge in [-0.2, -0.15) is 0 Å². The molecule has 27 heavy (non-hydrogen) atoms. The van der Waals surface area contributed by atoms with Crippen LogP contribution in [0.1, 0.15) is 35.2 Å². The molecule has 2 aliphatic rings. The van der Waals surface area contributed by atoms with Gasteiger partial charge in [-0.3, -0.25) is 0 Å². The minimum Gasteiger partial charge on any atom is -0.478 e. The predicted molar refractivity (Wildman–Crippen MR) is 102 cm³/mol. The highest BCUT2D eigenvalue weighted by atomic mass is 16.6. The lowest BCUT2D eigenvalue weighted by molar-refractivity contribution is 0.0697. The highest BCUT2D eigenvalue weighted by Gasteiger charge is 2.47. The van der Waals surface area contributed by atoms with E-state index in [0.717, 1.165) is 37.0 Å². The summed E-state index contributed by atoms with van der Waals surface area (Å²) in [5, 5.41) is 13.2. The lowest BCUT2D eigenvalue weighted by Gasteiger charge is -2.24. The zero-order chi connectivity index (χ0) is 18.6. The van der Waals surface area contributed by atoms with Crippen LogP contribution in [0.2, 0.25) is 0 Å². The molecule has 4 atom stereocenters. The lowest BCUT2D eigenvalue weighted by Crippen LogP contribution is -2.29. The van der Waals surface area contributed by atoms with Gasteiger partial charge in [0.15, 0.2) is 5.75 Å². The molecular weight excluding hydrogens is 342 g/mol. The molecule has 0 radical (unpaired) electrons. The molecule has 0 unspecified atom stereocenters. The molecule has 0 aliphatic carbocycles. The van der Waals surface area contributed by atoms with Gasteiger partial charge in [-0.05, 0) is 61.4 Å². The molecular formula is C22H23NO4. The summed E-state index contributed by atoms with van der Waals surface area (Å²) >= 11 is 0. The Kier molecular flexibility index (Phi) is 5.21. The van der Waals surface area contributed by atoms with Gasteiger partial charge in [0.1, 0.15) is 0 Å². The van der Waals surface area contributed by atoms with Crippen LogP contribution >= 0.6 is 0 Å². The van der Waals surface area contributed by atoms with Gasteiger partial charge in [0.2, 0.25) is 0 Å². The number of fused-ring (bicyclic) bond motifs is 2. The highest BCUT2D eigenvalue weighted by Crippen LogP contribution is 2.44. The number of para-hydroxylation sites is 1. The van der Waals surface area contributed by atoms with Crippen LogP contribution in [0.15, 0.2) is 59.8 Å². The Bertz CT molecular complexity index is 803. The van der Waals surface area contributed by atoms with Crippen LogP contribution in [0.3, 0.4) is 0 Å². The molecule has 2 heterocycles. The summed E-state index contributed by atoms with van der Waals surface area (Å²) < 4.78 is 6.11. The monoisotopic (exact) mass is 365 g/mol. The number of rotatable bonds is 7. The maximum atomic E-state index is 11.0. The molecule has 0 saturated carbocycles. The number of carbonyl (C=O) groups is 1. The Hall–Kier alpha value is -2.66. The Morgan fingerprint density at radius 2 is 1.85 bits per heavy atom. The number of ether oxygens (including phenoxy) is 1. The van der Waals surface area contributed by atoms with E-state index in [1.807, 2.05) is 48.7 Å². The minimum atomic E-state index is -0.891. The van der Waals surface area contributed by atoms with Crippen LogP contribution in [0.25, 0.3) is 0 Å². The maximum Gasteiger partial charge on any atom is 0.335 e. The number of oxime groups is 1. The third kappa shape index (κ3) is 4.03. The second kappa shape index (κ2) is 7.92. The molecule has 2 aromatic carbocycles. The third-order valence-electron chi connectivity index (χ3n) is 5.59. The molecule has 2 aromatic rings. The molecule has 0 aromatic heterocycles. The second-order valence-corrected chi connectivity index (χ2v) is 7.23. The number of nitrogens with zero attached hydrogens (tertiary/aromatic N) is 1. The Labute approximate surface area is 158 Å². The van der Waals surface area contributed by atoms with Gasteiger partial charge in [-0.25, -0.2) is 4.79 Å². The van der Waals surface area contributed by atoms with Crippen molar-refractivity contribution < 1.29 is 19.5 Å². The SMILES string of the molecule is O=C(O)c1ccc(CC[C@H]2[C@H](C=NOc3ccccc3)[C@H]3CC[C@@H]2O3)cc1. The zero-order valence-electron chi connectivity index (χ0n) is 15.0. The largest absolute Gasteiger partial charge is 0.478 e. The van der Waals surface area contributed by atoms with E-state index in [0.29, 0.717) is 17.6 Å². The summed E-state index contributed by atoms with van der Waals surface area (Å²) in [6.45, 7) is 0. The number of carboxylic acids is 1. The molecule has 5 nitrogen and oxygen atoms in total. The number of aromatic carboxylic acids is 1. The van der Waals surface area contributed by atoms with Crippen LogP contribution in [0, 0.1) is 11.8 Å². The number of carboxylic acid groups (broad SMARTS) is 1. The van der Waals surface area contributed by atoms with Crippen LogP contribution in [0.5, 0.6) is 5.75 Å². The van der Waals surface area contributed by atoms with Crippen LogP contribution in [-0.4, -0.2) is 29.5 Å². The van der Waals surface area contributed by atoms with Crippen LogP contribution < -0.4 is 4.84 Å². The molecule has 0 amide bonds. The first-order valence-electron chi connectivity index (χ1n) is 9.44. The summed E-state index contributed by atoms with van der Waals surface area (Å²) in [5.74, 6) is 0.530. The number of hydrogen-bond donors (Lipinski definition) is 1. The smallest absolute Gasteiger partial charge is 0.335 e. The second-order valence-electron chi connectivity index (χ2n) is 7.23. The summed E-state index contributed by atoms with van der Waals surface area (Å²) in [6.07, 6.45) is 6.53. The molecule has 2 fully saturated rings. The van der Waals surface area contributed by atoms with E-state index in [9.17, 15) is 4.79 Å². The van der Waals surface area contributed by atoms with Crippen molar-refractivity contribution in [2.75, 3.05) is 0 Å². The van der Waals surface area contributed by atoms with Gasteiger partial charge in [-0.1, -0.05) is 35.5 Å². The Balaban J connectivity index is 1.37. The summed E-state index contributed by atoms with van der Waals surface area (Å²) in [6, 6.07) is 16.7. The van der Waals surface area contributed by atoms with E-state index in [2.05, 4.69) is 5.16 Å². The van der Waals surface area contributed by atoms with E-state index in [1.54, 1.807) is 12.1 Å². The minimum absolute atomic E-state index is 0.234. The summed E-state index contributed by atoms with van der Waals surface area (Å²) in [7, 11) is 0. The van der Waals surface area contributed by atoms with Crippen molar-refractivity contribution in [3.8, 4) is 5.75 Å². The molecule has 4 rings (SSSR count). The fourth-order valence-electron chi connectivity index (χ4n) is 4.19. The summed E-state index contributed by atoms with van der Waals surface area (Å²) in [5.41, 5.74) is 1.48. The highest BCUT2D eigenvalue weighted by molar-refractivity contribution is 5.87. The molecule has 0 spiro atoms. The van der Waals surface area contributed by atoms with Gasteiger partial charge in [0.25, 0.3) is 0 Å². The standard InChI is InChI=1S/C22H23NO4/c24-22(25)16-9-6-15(7-10-16)8-11-18-19(21-13-12-20(18)26-21)14-23-27-17-4-2-1-3-5-17/h1-7,9-10,14,18-21H,8,11-13H2,(H,24,25)/t18-,19-,20-,21+/m0/s1. The fourth-order valence-corrected chi connectivity index (χ4v) is 4.19. The average molecular weight is 365 g/mol. The van der Waals surface area contributed by atoms with E-state index < -0.39 is 5.97 Å². The third-order valence-corrected chi connectivity index (χ3v) is 5.59. The van der Waals surface area contributed by atoms with Crippen molar-refractivity contribution in [2.45, 2.75) is 37.9 Å². The molecule has 2 bridgehead atoms. The van der Waals surface area contributed by atoms with Crippen molar-refractivity contribution in [3.63, 3.8) is 0 Å².